The van der Waals surface area contributed by atoms with E-state index < -0.39 is 17.2 Å². The lowest BCUT2D eigenvalue weighted by Gasteiger charge is -2.36. The first-order chi connectivity index (χ1) is 14.0. The topological polar surface area (TPSA) is 115 Å². The molecule has 2 aromatic rings. The maximum absolute atomic E-state index is 14.9. The van der Waals surface area contributed by atoms with Crippen molar-refractivity contribution in [3.63, 3.8) is 0 Å². The number of carboxylic acids is 1. The summed E-state index contributed by atoms with van der Waals surface area (Å²) in [6.07, 6.45) is 3.21. The molecule has 1 saturated carbocycles. The number of pyridine rings is 1. The molecule has 0 unspecified atom stereocenters. The second kappa shape index (κ2) is 7.73. The van der Waals surface area contributed by atoms with Gasteiger partial charge in [-0.05, 0) is 30.5 Å². The van der Waals surface area contributed by atoms with E-state index in [0.717, 1.165) is 12.8 Å². The number of azide groups is 1. The highest BCUT2D eigenvalue weighted by Gasteiger charge is 2.28. The zero-order valence-electron chi connectivity index (χ0n) is 15.8. The molecule has 152 valence electrons. The van der Waals surface area contributed by atoms with E-state index >= 15 is 0 Å². The average molecular weight is 400 g/mol. The van der Waals surface area contributed by atoms with Crippen LogP contribution in [0.1, 0.15) is 29.2 Å². The van der Waals surface area contributed by atoms with Crippen LogP contribution in [0.3, 0.4) is 0 Å². The Bertz CT molecular complexity index is 1070. The van der Waals surface area contributed by atoms with Crippen molar-refractivity contribution in [2.75, 3.05) is 44.2 Å². The third-order valence-corrected chi connectivity index (χ3v) is 5.56. The molecule has 4 rings (SSSR count). The van der Waals surface area contributed by atoms with E-state index in [0.29, 0.717) is 50.5 Å². The molecule has 0 atom stereocenters. The van der Waals surface area contributed by atoms with Crippen LogP contribution in [-0.2, 0) is 0 Å². The molecule has 9 nitrogen and oxygen atoms in total. The maximum Gasteiger partial charge on any atom is 0.341 e. The maximum atomic E-state index is 14.9. The first-order valence-corrected chi connectivity index (χ1v) is 9.59. The third kappa shape index (κ3) is 3.76. The normalized spacial score (nSPS) is 17.3. The van der Waals surface area contributed by atoms with Crippen molar-refractivity contribution >= 4 is 22.6 Å². The van der Waals surface area contributed by atoms with Crippen LogP contribution in [-0.4, -0.2) is 59.8 Å². The number of hydrogen-bond acceptors (Lipinski definition) is 5. The summed E-state index contributed by atoms with van der Waals surface area (Å²) in [6.45, 7) is 3.72. The fourth-order valence-corrected chi connectivity index (χ4v) is 3.85. The summed E-state index contributed by atoms with van der Waals surface area (Å²) in [5, 5.41) is 13.0. The predicted octanol–water partition coefficient (Wildman–Crippen LogP) is 2.61. The number of carboxylic acid groups (broad SMARTS) is 1. The van der Waals surface area contributed by atoms with Crippen molar-refractivity contribution in [2.45, 2.75) is 18.9 Å². The van der Waals surface area contributed by atoms with Gasteiger partial charge in [-0.2, -0.15) is 0 Å². The Hall–Kier alpha value is -3.10. The van der Waals surface area contributed by atoms with Crippen LogP contribution < -0.4 is 10.3 Å². The van der Waals surface area contributed by atoms with Gasteiger partial charge in [0.15, 0.2) is 0 Å². The van der Waals surface area contributed by atoms with Crippen LogP contribution in [0.2, 0.25) is 0 Å². The van der Waals surface area contributed by atoms with Gasteiger partial charge in [0.2, 0.25) is 5.43 Å². The minimum atomic E-state index is -1.30. The lowest BCUT2D eigenvalue weighted by Crippen LogP contribution is -2.47. The molecule has 1 aliphatic carbocycles. The Balaban J connectivity index is 1.66. The Labute approximate surface area is 165 Å². The highest BCUT2D eigenvalue weighted by molar-refractivity contribution is 5.93. The van der Waals surface area contributed by atoms with Crippen molar-refractivity contribution in [3.05, 3.63) is 50.4 Å². The van der Waals surface area contributed by atoms with Crippen LogP contribution in [0.25, 0.3) is 21.3 Å². The van der Waals surface area contributed by atoms with Gasteiger partial charge >= 0.3 is 5.97 Å². The summed E-state index contributed by atoms with van der Waals surface area (Å²) in [5.41, 5.74) is 8.38. The van der Waals surface area contributed by atoms with Crippen molar-refractivity contribution in [3.8, 4) is 0 Å². The van der Waals surface area contributed by atoms with Gasteiger partial charge in [-0.25, -0.2) is 9.18 Å². The van der Waals surface area contributed by atoms with Gasteiger partial charge in [-0.1, -0.05) is 5.11 Å². The Morgan fingerprint density at radius 3 is 2.62 bits per heavy atom. The van der Waals surface area contributed by atoms with Crippen LogP contribution in [0.5, 0.6) is 0 Å². The highest BCUT2D eigenvalue weighted by atomic mass is 19.1. The molecule has 2 aliphatic rings. The van der Waals surface area contributed by atoms with Crippen LogP contribution in [0.4, 0.5) is 10.1 Å². The quantitative estimate of drug-likeness (QED) is 0.455. The van der Waals surface area contributed by atoms with Crippen molar-refractivity contribution < 1.29 is 14.3 Å². The largest absolute Gasteiger partial charge is 0.477 e. The first-order valence-electron chi connectivity index (χ1n) is 9.59. The summed E-state index contributed by atoms with van der Waals surface area (Å²) in [5.74, 6) is -1.82. The smallest absolute Gasteiger partial charge is 0.341 e. The van der Waals surface area contributed by atoms with E-state index in [2.05, 4.69) is 14.9 Å². The number of aromatic nitrogens is 1. The fraction of sp³-hybridized carbons (Fsp3) is 0.474. The predicted molar refractivity (Wildman–Crippen MR) is 106 cm³/mol. The van der Waals surface area contributed by atoms with Gasteiger partial charge in [0.1, 0.15) is 11.4 Å². The summed E-state index contributed by atoms with van der Waals surface area (Å²) >= 11 is 0. The number of hydrogen-bond donors (Lipinski definition) is 1. The van der Waals surface area contributed by atoms with Crippen molar-refractivity contribution in [1.82, 2.24) is 9.47 Å². The summed E-state index contributed by atoms with van der Waals surface area (Å²) in [7, 11) is 0. The van der Waals surface area contributed by atoms with E-state index in [-0.39, 0.29) is 17.0 Å². The highest BCUT2D eigenvalue weighted by Crippen LogP contribution is 2.38. The first kappa shape index (κ1) is 19.2. The second-order valence-corrected chi connectivity index (χ2v) is 7.42. The van der Waals surface area contributed by atoms with E-state index in [9.17, 15) is 19.1 Å². The molecule has 1 aromatic heterocycles. The number of aromatic carboxylic acids is 1. The van der Waals surface area contributed by atoms with Gasteiger partial charge in [0.25, 0.3) is 0 Å². The number of piperazine rings is 1. The number of benzene rings is 1. The van der Waals surface area contributed by atoms with Gasteiger partial charge in [0.05, 0.1) is 11.2 Å². The lowest BCUT2D eigenvalue weighted by atomic mass is 10.1. The van der Waals surface area contributed by atoms with Crippen molar-refractivity contribution in [2.24, 2.45) is 5.11 Å². The Morgan fingerprint density at radius 2 is 2.00 bits per heavy atom. The summed E-state index contributed by atoms with van der Waals surface area (Å²) in [6, 6.07) is 2.99. The zero-order valence-corrected chi connectivity index (χ0v) is 15.8. The Morgan fingerprint density at radius 1 is 1.28 bits per heavy atom. The minimum absolute atomic E-state index is 0.103. The number of halogens is 1. The molecule has 2 fully saturated rings. The third-order valence-electron chi connectivity index (χ3n) is 5.56. The van der Waals surface area contributed by atoms with Gasteiger partial charge < -0.3 is 14.6 Å². The standard InChI is InChI=1S/C19H21FN6O3/c20-15-9-13-16(26(12-1-2-12)11-14(18(13)27)19(28)29)10-17(15)25-7-5-24(6-8-25)4-3-22-23-21/h9-12H,1-8H2,(H,28,29). The molecular weight excluding hydrogens is 379 g/mol. The molecule has 1 aliphatic heterocycles. The van der Waals surface area contributed by atoms with Crippen LogP contribution >= 0.6 is 0 Å². The fourth-order valence-electron chi connectivity index (χ4n) is 3.85. The molecule has 10 heteroatoms. The molecule has 1 aromatic carbocycles. The zero-order chi connectivity index (χ0) is 20.5. The van der Waals surface area contributed by atoms with Crippen LogP contribution in [0.15, 0.2) is 28.2 Å². The van der Waals surface area contributed by atoms with Gasteiger partial charge in [0, 0.05) is 61.8 Å². The molecule has 0 radical (unpaired) electrons. The number of nitrogens with zero attached hydrogens (tertiary/aromatic N) is 6. The number of carbonyl (C=O) groups is 1. The molecular formula is C19H21FN6O3. The second-order valence-electron chi connectivity index (χ2n) is 7.42. The monoisotopic (exact) mass is 400 g/mol. The van der Waals surface area contributed by atoms with E-state index in [4.69, 9.17) is 5.53 Å². The molecule has 0 spiro atoms. The SMILES string of the molecule is [N-]=[N+]=NCCN1CCN(c2cc3c(cc2F)c(=O)c(C(=O)O)cn3C2CC2)CC1. The molecule has 0 amide bonds. The average Bonchev–Trinajstić information content (AvgIpc) is 3.54. The van der Waals surface area contributed by atoms with Crippen molar-refractivity contribution in [1.29, 1.82) is 0 Å². The van der Waals surface area contributed by atoms with Gasteiger partial charge in [-0.15, -0.1) is 0 Å². The lowest BCUT2D eigenvalue weighted by molar-refractivity contribution is 0.0695. The Kier molecular flexibility index (Phi) is 5.12. The molecule has 2 heterocycles. The number of rotatable bonds is 6. The minimum Gasteiger partial charge on any atom is -0.477 e. The van der Waals surface area contributed by atoms with E-state index in [1.165, 1.54) is 12.3 Å². The van der Waals surface area contributed by atoms with E-state index in [1.54, 1.807) is 10.6 Å². The number of fused-ring (bicyclic) bond motifs is 1. The van der Waals surface area contributed by atoms with Crippen LogP contribution in [0, 0.1) is 5.82 Å². The molecule has 29 heavy (non-hydrogen) atoms. The number of anilines is 1. The molecule has 1 N–H and O–H groups in total. The van der Waals surface area contributed by atoms with E-state index in [1.807, 2.05) is 4.90 Å². The van der Waals surface area contributed by atoms with Gasteiger partial charge in [-0.3, -0.25) is 9.69 Å². The summed E-state index contributed by atoms with van der Waals surface area (Å²) < 4.78 is 16.7. The summed E-state index contributed by atoms with van der Waals surface area (Å²) in [4.78, 5) is 30.8. The molecule has 0 bridgehead atoms. The molecule has 1 saturated heterocycles.